The van der Waals surface area contributed by atoms with Gasteiger partial charge in [0, 0.05) is 13.2 Å². The van der Waals surface area contributed by atoms with E-state index in [1.54, 1.807) is 17.7 Å². The van der Waals surface area contributed by atoms with Gasteiger partial charge in [-0.1, -0.05) is 0 Å². The molecule has 0 amide bonds. The fraction of sp³-hybridized carbons (Fsp3) is 0.500. The van der Waals surface area contributed by atoms with Gasteiger partial charge in [-0.25, -0.2) is 9.97 Å². The molecule has 0 saturated carbocycles. The van der Waals surface area contributed by atoms with Crippen LogP contribution in [0.3, 0.4) is 0 Å². The number of nitrogens with one attached hydrogen (secondary N) is 1. The summed E-state index contributed by atoms with van der Waals surface area (Å²) < 4.78 is 6.73. The van der Waals surface area contributed by atoms with E-state index in [1.165, 1.54) is 12.0 Å². The molecule has 5 heteroatoms. The van der Waals surface area contributed by atoms with Gasteiger partial charge in [0.1, 0.15) is 12.1 Å². The van der Waals surface area contributed by atoms with E-state index in [9.17, 15) is 0 Å². The summed E-state index contributed by atoms with van der Waals surface area (Å²) in [4.78, 5) is 8.62. The van der Waals surface area contributed by atoms with E-state index in [0.29, 0.717) is 6.10 Å². The van der Waals surface area contributed by atoms with Crippen LogP contribution in [0.1, 0.15) is 18.4 Å². The van der Waals surface area contributed by atoms with Crippen LogP contribution in [0, 0.1) is 6.92 Å². The van der Waals surface area contributed by atoms with E-state index in [1.807, 2.05) is 0 Å². The molecule has 1 saturated heterocycles. The summed E-state index contributed by atoms with van der Waals surface area (Å²) in [5.41, 5.74) is 2.27. The van der Waals surface area contributed by atoms with Crippen LogP contribution in [-0.2, 0) is 4.74 Å². The molecule has 1 aliphatic rings. The van der Waals surface area contributed by atoms with Crippen LogP contribution in [-0.4, -0.2) is 29.2 Å². The second-order valence-corrected chi connectivity index (χ2v) is 5.21. The SMILES string of the molecule is Cc1csc2c(NCC3CCCO3)ncnc12. The smallest absolute Gasteiger partial charge is 0.147 e. The summed E-state index contributed by atoms with van der Waals surface area (Å²) in [7, 11) is 0. The van der Waals surface area contributed by atoms with E-state index in [0.717, 1.165) is 35.6 Å². The lowest BCUT2D eigenvalue weighted by atomic mass is 10.2. The maximum Gasteiger partial charge on any atom is 0.147 e. The van der Waals surface area contributed by atoms with Gasteiger partial charge in [0.2, 0.25) is 0 Å². The van der Waals surface area contributed by atoms with Crippen LogP contribution in [0.15, 0.2) is 11.7 Å². The Morgan fingerprint density at radius 2 is 2.47 bits per heavy atom. The van der Waals surface area contributed by atoms with Crippen LogP contribution in [0.25, 0.3) is 10.2 Å². The topological polar surface area (TPSA) is 47.0 Å². The van der Waals surface area contributed by atoms with Crippen molar-refractivity contribution in [2.45, 2.75) is 25.9 Å². The molecule has 0 spiro atoms. The molecule has 3 heterocycles. The second-order valence-electron chi connectivity index (χ2n) is 4.33. The molecule has 1 atom stereocenters. The van der Waals surface area contributed by atoms with Crippen LogP contribution >= 0.6 is 11.3 Å². The highest BCUT2D eigenvalue weighted by molar-refractivity contribution is 7.18. The monoisotopic (exact) mass is 249 g/mol. The second kappa shape index (κ2) is 4.58. The molecular weight excluding hydrogens is 234 g/mol. The number of ether oxygens (including phenoxy) is 1. The van der Waals surface area contributed by atoms with Gasteiger partial charge in [0.05, 0.1) is 16.3 Å². The van der Waals surface area contributed by atoms with Gasteiger partial charge >= 0.3 is 0 Å². The van der Waals surface area contributed by atoms with Crippen LogP contribution in [0.4, 0.5) is 5.82 Å². The average molecular weight is 249 g/mol. The van der Waals surface area contributed by atoms with Gasteiger partial charge < -0.3 is 10.1 Å². The average Bonchev–Trinajstić information content (AvgIpc) is 2.97. The minimum absolute atomic E-state index is 0.334. The summed E-state index contributed by atoms with van der Waals surface area (Å²) in [5, 5.41) is 5.50. The zero-order valence-electron chi connectivity index (χ0n) is 9.77. The molecule has 0 radical (unpaired) electrons. The van der Waals surface area contributed by atoms with Gasteiger partial charge in [-0.2, -0.15) is 0 Å². The lowest BCUT2D eigenvalue weighted by Crippen LogP contribution is -2.18. The van der Waals surface area contributed by atoms with Crippen LogP contribution in [0.5, 0.6) is 0 Å². The number of rotatable bonds is 3. The van der Waals surface area contributed by atoms with Crippen molar-refractivity contribution in [1.29, 1.82) is 0 Å². The summed E-state index contributed by atoms with van der Waals surface area (Å²) in [6, 6.07) is 0. The highest BCUT2D eigenvalue weighted by Crippen LogP contribution is 2.28. The normalized spacial score (nSPS) is 19.9. The Morgan fingerprint density at radius 1 is 1.53 bits per heavy atom. The molecule has 0 aliphatic carbocycles. The molecule has 0 bridgehead atoms. The predicted octanol–water partition coefficient (Wildman–Crippen LogP) is 2.59. The lowest BCUT2D eigenvalue weighted by molar-refractivity contribution is 0.120. The molecule has 1 N–H and O–H groups in total. The molecule has 3 rings (SSSR count). The number of thiophene rings is 1. The first-order valence-corrected chi connectivity index (χ1v) is 6.77. The van der Waals surface area contributed by atoms with Crippen molar-refractivity contribution in [3.63, 3.8) is 0 Å². The standard InChI is InChI=1S/C12H15N3OS/c1-8-6-17-11-10(8)14-7-15-12(11)13-5-9-3-2-4-16-9/h6-7,9H,2-5H2,1H3,(H,13,14,15). The molecule has 1 fully saturated rings. The number of hydrogen-bond acceptors (Lipinski definition) is 5. The third-order valence-electron chi connectivity index (χ3n) is 3.05. The van der Waals surface area contributed by atoms with E-state index in [4.69, 9.17) is 4.74 Å². The number of fused-ring (bicyclic) bond motifs is 1. The number of hydrogen-bond donors (Lipinski definition) is 1. The van der Waals surface area contributed by atoms with Gasteiger partial charge in [0.15, 0.2) is 0 Å². The van der Waals surface area contributed by atoms with E-state index >= 15 is 0 Å². The van der Waals surface area contributed by atoms with Gasteiger partial charge in [0.25, 0.3) is 0 Å². The predicted molar refractivity (Wildman–Crippen MR) is 69.6 cm³/mol. The largest absolute Gasteiger partial charge is 0.376 e. The Bertz CT molecular complexity index is 519. The highest BCUT2D eigenvalue weighted by atomic mass is 32.1. The van der Waals surface area contributed by atoms with Gasteiger partial charge in [-0.3, -0.25) is 0 Å². The summed E-state index contributed by atoms with van der Waals surface area (Å²) in [6.07, 6.45) is 4.27. The molecular formula is C12H15N3OS. The molecule has 2 aromatic heterocycles. The van der Waals surface area contributed by atoms with Crippen molar-refractivity contribution in [2.24, 2.45) is 0 Å². The molecule has 0 aromatic carbocycles. The summed E-state index contributed by atoms with van der Waals surface area (Å²) in [6.45, 7) is 3.81. The Labute approximate surface area is 104 Å². The number of anilines is 1. The molecule has 2 aromatic rings. The van der Waals surface area contributed by atoms with Crippen molar-refractivity contribution in [2.75, 3.05) is 18.5 Å². The lowest BCUT2D eigenvalue weighted by Gasteiger charge is -2.11. The molecule has 17 heavy (non-hydrogen) atoms. The van der Waals surface area contributed by atoms with Crippen LogP contribution in [0.2, 0.25) is 0 Å². The highest BCUT2D eigenvalue weighted by Gasteiger charge is 2.16. The van der Waals surface area contributed by atoms with E-state index in [2.05, 4.69) is 27.6 Å². The van der Waals surface area contributed by atoms with Gasteiger partial charge in [-0.15, -0.1) is 11.3 Å². The van der Waals surface area contributed by atoms with Crippen molar-refractivity contribution in [3.8, 4) is 0 Å². The third-order valence-corrected chi connectivity index (χ3v) is 4.15. The zero-order chi connectivity index (χ0) is 11.7. The molecule has 1 aliphatic heterocycles. The number of aryl methyl sites for hydroxylation is 1. The summed E-state index contributed by atoms with van der Waals surface area (Å²) in [5.74, 6) is 0.934. The van der Waals surface area contributed by atoms with Crippen molar-refractivity contribution in [3.05, 3.63) is 17.3 Å². The minimum Gasteiger partial charge on any atom is -0.376 e. The van der Waals surface area contributed by atoms with Crippen LogP contribution < -0.4 is 5.32 Å². The Balaban J connectivity index is 1.79. The first kappa shape index (κ1) is 10.9. The fourth-order valence-corrected chi connectivity index (χ4v) is 3.08. The van der Waals surface area contributed by atoms with Crippen molar-refractivity contribution < 1.29 is 4.74 Å². The maximum atomic E-state index is 5.59. The molecule has 4 nitrogen and oxygen atoms in total. The number of nitrogens with zero attached hydrogens (tertiary/aromatic N) is 2. The Morgan fingerprint density at radius 3 is 3.29 bits per heavy atom. The summed E-state index contributed by atoms with van der Waals surface area (Å²) >= 11 is 1.69. The minimum atomic E-state index is 0.334. The zero-order valence-corrected chi connectivity index (χ0v) is 10.6. The Kier molecular flexibility index (Phi) is 2.94. The quantitative estimate of drug-likeness (QED) is 0.908. The molecule has 1 unspecified atom stereocenters. The first-order valence-electron chi connectivity index (χ1n) is 5.89. The van der Waals surface area contributed by atoms with Crippen molar-refractivity contribution >= 4 is 27.4 Å². The Hall–Kier alpha value is -1.20. The third kappa shape index (κ3) is 2.12. The van der Waals surface area contributed by atoms with Gasteiger partial charge in [-0.05, 0) is 30.7 Å². The first-order chi connectivity index (χ1) is 8.34. The number of aromatic nitrogens is 2. The van der Waals surface area contributed by atoms with E-state index in [-0.39, 0.29) is 0 Å². The fourth-order valence-electron chi connectivity index (χ4n) is 2.11. The van der Waals surface area contributed by atoms with E-state index < -0.39 is 0 Å². The van der Waals surface area contributed by atoms with Crippen molar-refractivity contribution in [1.82, 2.24) is 9.97 Å². The maximum absolute atomic E-state index is 5.59. The molecule has 90 valence electrons.